The minimum Gasteiger partial charge on any atom is -0.397 e. The lowest BCUT2D eigenvalue weighted by Crippen LogP contribution is -2.21. The number of hydrogen-bond donors (Lipinski definition) is 2. The lowest BCUT2D eigenvalue weighted by molar-refractivity contribution is -0.113. The summed E-state index contributed by atoms with van der Waals surface area (Å²) >= 11 is 0. The number of amides is 1. The molecule has 0 aliphatic carbocycles. The third-order valence-electron chi connectivity index (χ3n) is 2.75. The van der Waals surface area contributed by atoms with Gasteiger partial charge in [0.25, 0.3) is 0 Å². The number of nitrogens with one attached hydrogen (secondary N) is 1. The van der Waals surface area contributed by atoms with Crippen LogP contribution in [0.5, 0.6) is 0 Å². The van der Waals surface area contributed by atoms with Crippen molar-refractivity contribution in [3.8, 4) is 0 Å². The summed E-state index contributed by atoms with van der Waals surface area (Å²) in [6.45, 7) is 0. The van der Waals surface area contributed by atoms with Crippen molar-refractivity contribution >= 4 is 28.1 Å². The Hall–Kier alpha value is -2.21. The number of halogens is 1. The molecule has 2 rings (SSSR count). The number of nitrogen functional groups attached to an aromatic ring is 1. The fourth-order valence-corrected chi connectivity index (χ4v) is 2.81. The summed E-state index contributed by atoms with van der Waals surface area (Å²) in [4.78, 5) is 11.8. The van der Waals surface area contributed by atoms with Gasteiger partial charge in [0.2, 0.25) is 5.91 Å². The highest BCUT2D eigenvalue weighted by molar-refractivity contribution is 7.84. The largest absolute Gasteiger partial charge is 0.397 e. The average molecular weight is 306 g/mol. The molecule has 2 aromatic rings. The molecule has 0 spiro atoms. The minimum absolute atomic E-state index is 0.162. The van der Waals surface area contributed by atoms with Gasteiger partial charge in [-0.05, 0) is 23.8 Å². The summed E-state index contributed by atoms with van der Waals surface area (Å²) in [5.41, 5.74) is 6.99. The zero-order chi connectivity index (χ0) is 15.2. The van der Waals surface area contributed by atoms with Crippen LogP contribution in [0, 0.1) is 5.82 Å². The lowest BCUT2D eigenvalue weighted by atomic mass is 10.2. The quantitative estimate of drug-likeness (QED) is 0.833. The smallest absolute Gasteiger partial charge is 0.237 e. The molecular formula is C15H15FN2O2S. The molecule has 0 heterocycles. The maximum absolute atomic E-state index is 13.1. The van der Waals surface area contributed by atoms with Gasteiger partial charge in [0.1, 0.15) is 11.6 Å². The molecule has 0 aliphatic heterocycles. The highest BCUT2D eigenvalue weighted by atomic mass is 32.2. The monoisotopic (exact) mass is 306 g/mol. The first-order chi connectivity index (χ1) is 10.0. The first kappa shape index (κ1) is 15.2. The summed E-state index contributed by atoms with van der Waals surface area (Å²) in [5, 5.41) is 2.47. The Kier molecular flexibility index (Phi) is 5.05. The molecule has 1 unspecified atom stereocenters. The van der Waals surface area contributed by atoms with Crippen molar-refractivity contribution in [3.63, 3.8) is 0 Å². The summed E-state index contributed by atoms with van der Waals surface area (Å²) in [5.74, 6) is -0.816. The number of anilines is 2. The third kappa shape index (κ3) is 4.68. The Balaban J connectivity index is 1.92. The zero-order valence-corrected chi connectivity index (χ0v) is 12.0. The van der Waals surface area contributed by atoms with Crippen LogP contribution in [0.1, 0.15) is 5.56 Å². The molecule has 1 amide bonds. The molecule has 21 heavy (non-hydrogen) atoms. The standard InChI is InChI=1S/C15H15FN2O2S/c16-12-6-7-13(17)14(8-12)18-15(19)10-21(20)9-11-4-2-1-3-5-11/h1-8H,9-10,17H2,(H,18,19). The number of carbonyl (C=O) groups is 1. The van der Waals surface area contributed by atoms with Crippen molar-refractivity contribution in [2.45, 2.75) is 5.75 Å². The number of nitrogens with two attached hydrogens (primary N) is 1. The van der Waals surface area contributed by atoms with Crippen LogP contribution in [0.15, 0.2) is 48.5 Å². The van der Waals surface area contributed by atoms with Gasteiger partial charge in [-0.2, -0.15) is 0 Å². The van der Waals surface area contributed by atoms with Crippen LogP contribution < -0.4 is 11.1 Å². The van der Waals surface area contributed by atoms with Crippen molar-refractivity contribution in [3.05, 3.63) is 59.9 Å². The van der Waals surface area contributed by atoms with Crippen LogP contribution in [0.2, 0.25) is 0 Å². The second kappa shape index (κ2) is 6.99. The molecule has 6 heteroatoms. The molecule has 0 fully saturated rings. The highest BCUT2D eigenvalue weighted by Crippen LogP contribution is 2.19. The maximum Gasteiger partial charge on any atom is 0.237 e. The van der Waals surface area contributed by atoms with Gasteiger partial charge in [-0.3, -0.25) is 9.00 Å². The first-order valence-corrected chi connectivity index (χ1v) is 7.77. The van der Waals surface area contributed by atoms with Gasteiger partial charge >= 0.3 is 0 Å². The van der Waals surface area contributed by atoms with E-state index in [1.54, 1.807) is 0 Å². The molecule has 110 valence electrons. The highest BCUT2D eigenvalue weighted by Gasteiger charge is 2.11. The van der Waals surface area contributed by atoms with Crippen LogP contribution in [0.4, 0.5) is 15.8 Å². The van der Waals surface area contributed by atoms with Gasteiger partial charge in [0, 0.05) is 16.6 Å². The number of benzene rings is 2. The summed E-state index contributed by atoms with van der Waals surface area (Å²) in [7, 11) is -1.33. The van der Waals surface area contributed by atoms with E-state index >= 15 is 0 Å². The van der Waals surface area contributed by atoms with Crippen molar-refractivity contribution < 1.29 is 13.4 Å². The maximum atomic E-state index is 13.1. The van der Waals surface area contributed by atoms with E-state index in [9.17, 15) is 13.4 Å². The fraction of sp³-hybridized carbons (Fsp3) is 0.133. The minimum atomic E-state index is -1.33. The second-order valence-corrected chi connectivity index (χ2v) is 5.95. The fourth-order valence-electron chi connectivity index (χ4n) is 1.78. The SMILES string of the molecule is Nc1ccc(F)cc1NC(=O)CS(=O)Cc1ccccc1. The Morgan fingerprint density at radius 3 is 2.62 bits per heavy atom. The van der Waals surface area contributed by atoms with E-state index in [-0.39, 0.29) is 17.1 Å². The van der Waals surface area contributed by atoms with Gasteiger partial charge < -0.3 is 11.1 Å². The van der Waals surface area contributed by atoms with E-state index in [2.05, 4.69) is 5.32 Å². The molecule has 3 N–H and O–H groups in total. The summed E-state index contributed by atoms with van der Waals surface area (Å²) in [6.07, 6.45) is 0. The molecule has 2 aromatic carbocycles. The molecule has 0 saturated heterocycles. The number of carbonyl (C=O) groups excluding carboxylic acids is 1. The van der Waals surface area contributed by atoms with E-state index in [0.717, 1.165) is 11.6 Å². The zero-order valence-electron chi connectivity index (χ0n) is 11.2. The van der Waals surface area contributed by atoms with Crippen LogP contribution in [-0.2, 0) is 21.3 Å². The van der Waals surface area contributed by atoms with Crippen LogP contribution in [0.25, 0.3) is 0 Å². The Labute approximate surface area is 124 Å². The van der Waals surface area contributed by atoms with Crippen LogP contribution in [0.3, 0.4) is 0 Å². The van der Waals surface area contributed by atoms with Crippen LogP contribution >= 0.6 is 0 Å². The van der Waals surface area contributed by atoms with Gasteiger partial charge in [-0.25, -0.2) is 4.39 Å². The number of hydrogen-bond acceptors (Lipinski definition) is 3. The van der Waals surface area contributed by atoms with Crippen molar-refractivity contribution in [2.24, 2.45) is 0 Å². The van der Waals surface area contributed by atoms with Gasteiger partial charge in [-0.1, -0.05) is 30.3 Å². The van der Waals surface area contributed by atoms with Crippen molar-refractivity contribution in [1.29, 1.82) is 0 Å². The topological polar surface area (TPSA) is 72.2 Å². The van der Waals surface area contributed by atoms with E-state index in [1.807, 2.05) is 30.3 Å². The average Bonchev–Trinajstić information content (AvgIpc) is 2.43. The van der Waals surface area contributed by atoms with Gasteiger partial charge in [-0.15, -0.1) is 0 Å². The van der Waals surface area contributed by atoms with E-state index in [1.165, 1.54) is 12.1 Å². The van der Waals surface area contributed by atoms with Crippen molar-refractivity contribution in [2.75, 3.05) is 16.8 Å². The van der Waals surface area contributed by atoms with Crippen LogP contribution in [-0.4, -0.2) is 15.9 Å². The molecule has 0 aliphatic rings. The third-order valence-corrected chi connectivity index (χ3v) is 3.99. The molecule has 1 atom stereocenters. The molecule has 0 radical (unpaired) electrons. The first-order valence-electron chi connectivity index (χ1n) is 6.28. The second-order valence-electron chi connectivity index (χ2n) is 4.49. The molecule has 0 saturated carbocycles. The van der Waals surface area contributed by atoms with Crippen molar-refractivity contribution in [1.82, 2.24) is 0 Å². The molecule has 4 nitrogen and oxygen atoms in total. The Morgan fingerprint density at radius 1 is 1.19 bits per heavy atom. The Morgan fingerprint density at radius 2 is 1.90 bits per heavy atom. The van der Waals surface area contributed by atoms with E-state index < -0.39 is 22.5 Å². The van der Waals surface area contributed by atoms with Gasteiger partial charge in [0.05, 0.1) is 11.4 Å². The predicted octanol–water partition coefficient (Wildman–Crippen LogP) is 2.30. The van der Waals surface area contributed by atoms with E-state index in [0.29, 0.717) is 5.75 Å². The molecule has 0 aromatic heterocycles. The summed E-state index contributed by atoms with van der Waals surface area (Å²) < 4.78 is 25.0. The number of rotatable bonds is 5. The van der Waals surface area contributed by atoms with E-state index in [4.69, 9.17) is 5.73 Å². The van der Waals surface area contributed by atoms with Gasteiger partial charge in [0.15, 0.2) is 0 Å². The Bertz CT molecular complexity index is 662. The molecular weight excluding hydrogens is 291 g/mol. The normalized spacial score (nSPS) is 11.9. The lowest BCUT2D eigenvalue weighted by Gasteiger charge is -2.08. The molecule has 0 bridgehead atoms. The summed E-state index contributed by atoms with van der Waals surface area (Å²) in [6, 6.07) is 13.0. The predicted molar refractivity (Wildman–Crippen MR) is 82.6 cm³/mol.